The summed E-state index contributed by atoms with van der Waals surface area (Å²) in [6.45, 7) is 20.5. The highest BCUT2D eigenvalue weighted by Crippen LogP contribution is 2.20. The number of rotatable bonds is 7. The van der Waals surface area contributed by atoms with Crippen molar-refractivity contribution in [3.63, 3.8) is 0 Å². The van der Waals surface area contributed by atoms with Gasteiger partial charge in [0.2, 0.25) is 5.91 Å². The fourth-order valence-corrected chi connectivity index (χ4v) is 2.29. The molecule has 2 amide bonds. The van der Waals surface area contributed by atoms with Crippen molar-refractivity contribution in [3.05, 3.63) is 16.8 Å². The molecule has 1 aromatic rings. The molecule has 0 saturated carbocycles. The molecule has 0 aliphatic carbocycles. The summed E-state index contributed by atoms with van der Waals surface area (Å²) in [5.74, 6) is 0.208. The topological polar surface area (TPSA) is 105 Å². The number of carbonyl (C=O) groups excluding carboxylic acids is 2. The van der Waals surface area contributed by atoms with Crippen molar-refractivity contribution in [2.24, 2.45) is 10.8 Å². The van der Waals surface area contributed by atoms with Crippen LogP contribution >= 0.6 is 11.6 Å². The van der Waals surface area contributed by atoms with Gasteiger partial charge < -0.3 is 20.7 Å². The van der Waals surface area contributed by atoms with E-state index in [0.29, 0.717) is 25.5 Å². The van der Waals surface area contributed by atoms with E-state index in [-0.39, 0.29) is 16.5 Å². The van der Waals surface area contributed by atoms with Gasteiger partial charge in [-0.2, -0.15) is 0 Å². The highest BCUT2D eigenvalue weighted by atomic mass is 35.5. The Kier molecular flexibility index (Phi) is 11.4. The molecule has 0 saturated heterocycles. The van der Waals surface area contributed by atoms with Crippen molar-refractivity contribution in [1.82, 2.24) is 20.8 Å². The zero-order chi connectivity index (χ0) is 24.5. The lowest BCUT2D eigenvalue weighted by atomic mass is 9.93. The quantitative estimate of drug-likeness (QED) is 0.544. The minimum absolute atomic E-state index is 0.151. The average molecular weight is 458 g/mol. The molecule has 1 aromatic heterocycles. The second kappa shape index (κ2) is 12.2. The first-order chi connectivity index (χ1) is 14.1. The Hall–Kier alpha value is -1.93. The van der Waals surface area contributed by atoms with Crippen LogP contribution < -0.4 is 16.0 Å². The number of hydrogen-bond donors (Lipinski definition) is 3. The number of ether oxygens (including phenoxy) is 1. The molecule has 0 fully saturated rings. The second-order valence-corrected chi connectivity index (χ2v) is 10.2. The summed E-state index contributed by atoms with van der Waals surface area (Å²) in [7, 11) is 0. The molecule has 8 nitrogen and oxygen atoms in total. The highest BCUT2D eigenvalue weighted by Gasteiger charge is 2.23. The number of anilines is 1. The molecular weight excluding hydrogens is 418 g/mol. The largest absolute Gasteiger partial charge is 0.444 e. The van der Waals surface area contributed by atoms with E-state index in [4.69, 9.17) is 16.3 Å². The van der Waals surface area contributed by atoms with E-state index < -0.39 is 17.1 Å². The van der Waals surface area contributed by atoms with Crippen molar-refractivity contribution < 1.29 is 14.3 Å². The van der Waals surface area contributed by atoms with Crippen molar-refractivity contribution >= 4 is 29.4 Å². The summed E-state index contributed by atoms with van der Waals surface area (Å²) in [5.41, 5.74) is -0.558. The first-order valence-electron chi connectivity index (χ1n) is 10.6. The molecule has 0 radical (unpaired) electrons. The van der Waals surface area contributed by atoms with Gasteiger partial charge in [-0.05, 0) is 32.3 Å². The van der Waals surface area contributed by atoms with Gasteiger partial charge in [0.25, 0.3) is 0 Å². The van der Waals surface area contributed by atoms with Crippen LogP contribution in [0.1, 0.15) is 74.8 Å². The standard InChI is InChI=1S/C20H34ClN5O3.C2H6/c1-18(2,3)16(27)24-14-9-13(15(21)26-25-14)10-22-11-20(7,8)12-23-17(28)29-19(4,5)6;1-2/h9,22H,10-12H2,1-8H3,(H,23,28)(H,24,25,27);1-2H3. The monoisotopic (exact) mass is 457 g/mol. The number of carbonyl (C=O) groups is 2. The van der Waals surface area contributed by atoms with Gasteiger partial charge in [-0.1, -0.05) is 60.1 Å². The first-order valence-corrected chi connectivity index (χ1v) is 11.0. The third-order valence-corrected chi connectivity index (χ3v) is 4.09. The molecular formula is C22H40ClN5O3. The molecule has 31 heavy (non-hydrogen) atoms. The van der Waals surface area contributed by atoms with E-state index in [1.165, 1.54) is 0 Å². The SMILES string of the molecule is CC.CC(C)(CNCc1cc(NC(=O)C(C)(C)C)nnc1Cl)CNC(=O)OC(C)(C)C. The van der Waals surface area contributed by atoms with Gasteiger partial charge in [-0.15, -0.1) is 10.2 Å². The Morgan fingerprint density at radius 1 is 1.00 bits per heavy atom. The Labute approximate surface area is 192 Å². The van der Waals surface area contributed by atoms with Gasteiger partial charge in [0.15, 0.2) is 11.0 Å². The van der Waals surface area contributed by atoms with Crippen molar-refractivity contribution in [2.45, 2.75) is 81.4 Å². The molecule has 9 heteroatoms. The summed E-state index contributed by atoms with van der Waals surface area (Å²) in [6, 6.07) is 1.71. The van der Waals surface area contributed by atoms with E-state index in [0.717, 1.165) is 5.56 Å². The highest BCUT2D eigenvalue weighted by molar-refractivity contribution is 6.30. The number of halogens is 1. The molecule has 0 spiro atoms. The van der Waals surface area contributed by atoms with E-state index in [9.17, 15) is 9.59 Å². The number of hydrogen-bond acceptors (Lipinski definition) is 6. The molecule has 0 aliphatic rings. The Morgan fingerprint density at radius 2 is 1.58 bits per heavy atom. The van der Waals surface area contributed by atoms with Gasteiger partial charge in [-0.25, -0.2) is 4.79 Å². The van der Waals surface area contributed by atoms with E-state index in [2.05, 4.69) is 26.1 Å². The van der Waals surface area contributed by atoms with Crippen molar-refractivity contribution in [3.8, 4) is 0 Å². The minimum Gasteiger partial charge on any atom is -0.444 e. The molecule has 178 valence electrons. The van der Waals surface area contributed by atoms with E-state index in [1.807, 2.05) is 69.2 Å². The molecule has 3 N–H and O–H groups in total. The Bertz CT molecular complexity index is 725. The maximum Gasteiger partial charge on any atom is 0.407 e. The fourth-order valence-electron chi connectivity index (χ4n) is 2.13. The van der Waals surface area contributed by atoms with Crippen LogP contribution in [0.2, 0.25) is 5.15 Å². The summed E-state index contributed by atoms with van der Waals surface area (Å²) in [6.07, 6.45) is -0.439. The minimum atomic E-state index is -0.537. The van der Waals surface area contributed by atoms with Crippen LogP contribution in [0.25, 0.3) is 0 Å². The third kappa shape index (κ3) is 12.5. The molecule has 0 aliphatic heterocycles. The predicted octanol–water partition coefficient (Wildman–Crippen LogP) is 4.78. The van der Waals surface area contributed by atoms with Gasteiger partial charge >= 0.3 is 6.09 Å². The van der Waals surface area contributed by atoms with Gasteiger partial charge in [0.1, 0.15) is 5.60 Å². The van der Waals surface area contributed by atoms with Crippen LogP contribution in [0.15, 0.2) is 6.07 Å². The smallest absolute Gasteiger partial charge is 0.407 e. The molecule has 1 heterocycles. The predicted molar refractivity (Wildman–Crippen MR) is 126 cm³/mol. The molecule has 0 bridgehead atoms. The molecule has 1 rings (SSSR count). The molecule has 0 aromatic carbocycles. The van der Waals surface area contributed by atoms with E-state index in [1.54, 1.807) is 6.07 Å². The van der Waals surface area contributed by atoms with Gasteiger partial charge in [0.05, 0.1) is 0 Å². The lowest BCUT2D eigenvalue weighted by Gasteiger charge is -2.27. The Balaban J connectivity index is 0.00000436. The van der Waals surface area contributed by atoms with Crippen LogP contribution in [0, 0.1) is 10.8 Å². The number of alkyl carbamates (subject to hydrolysis) is 1. The number of nitrogens with one attached hydrogen (secondary N) is 3. The van der Waals surface area contributed by atoms with Crippen molar-refractivity contribution in [2.75, 3.05) is 18.4 Å². The van der Waals surface area contributed by atoms with Gasteiger partial charge in [-0.3, -0.25) is 4.79 Å². The number of amides is 2. The maximum absolute atomic E-state index is 12.1. The van der Waals surface area contributed by atoms with Crippen molar-refractivity contribution in [1.29, 1.82) is 0 Å². The summed E-state index contributed by atoms with van der Waals surface area (Å²) in [5, 5.41) is 17.0. The van der Waals surface area contributed by atoms with E-state index >= 15 is 0 Å². The summed E-state index contributed by atoms with van der Waals surface area (Å²) < 4.78 is 5.25. The fraction of sp³-hybridized carbons (Fsp3) is 0.727. The van der Waals surface area contributed by atoms with Crippen LogP contribution in [-0.2, 0) is 16.1 Å². The van der Waals surface area contributed by atoms with Gasteiger partial charge in [0, 0.05) is 30.6 Å². The first kappa shape index (κ1) is 29.1. The zero-order valence-electron chi connectivity index (χ0n) is 20.7. The summed E-state index contributed by atoms with van der Waals surface area (Å²) >= 11 is 6.14. The van der Waals surface area contributed by atoms with Crippen LogP contribution in [0.3, 0.4) is 0 Å². The number of aromatic nitrogens is 2. The average Bonchev–Trinajstić information content (AvgIpc) is 2.62. The zero-order valence-corrected chi connectivity index (χ0v) is 21.5. The lowest BCUT2D eigenvalue weighted by molar-refractivity contribution is -0.123. The lowest BCUT2D eigenvalue weighted by Crippen LogP contribution is -2.42. The summed E-state index contributed by atoms with van der Waals surface area (Å²) in [4.78, 5) is 23.9. The Morgan fingerprint density at radius 3 is 2.10 bits per heavy atom. The molecule has 0 unspecified atom stereocenters. The third-order valence-electron chi connectivity index (χ3n) is 3.77. The van der Waals surface area contributed by atoms with Crippen LogP contribution in [0.4, 0.5) is 10.6 Å². The molecule has 0 atom stereocenters. The maximum atomic E-state index is 12.1. The second-order valence-electron chi connectivity index (χ2n) is 9.87. The van der Waals surface area contributed by atoms with Crippen LogP contribution in [0.5, 0.6) is 0 Å². The number of nitrogens with zero attached hydrogens (tertiary/aromatic N) is 2. The normalized spacial score (nSPS) is 11.8. The van der Waals surface area contributed by atoms with Crippen LogP contribution in [-0.4, -0.2) is 40.9 Å².